The average Bonchev–Trinajstić information content (AvgIpc) is 1.63. The summed E-state index contributed by atoms with van der Waals surface area (Å²) in [6, 6.07) is 0. The fraction of sp³-hybridized carbons (Fsp3) is 0.500. The largest absolute Gasteiger partial charge is 0.411 e. The standard InChI is InChI=1S/C6H9NO/c8-7-5-4-6-2-1-3-6/h4-5,8H,1-3H2. The molecule has 44 valence electrons. The molecular formula is C6H9NO. The summed E-state index contributed by atoms with van der Waals surface area (Å²) >= 11 is 0. The van der Waals surface area contributed by atoms with E-state index in [2.05, 4.69) is 5.16 Å². The number of hydrogen-bond acceptors (Lipinski definition) is 2. The maximum absolute atomic E-state index is 7.96. The van der Waals surface area contributed by atoms with Gasteiger partial charge in [-0.3, -0.25) is 0 Å². The topological polar surface area (TPSA) is 32.6 Å². The van der Waals surface area contributed by atoms with Crippen LogP contribution in [-0.4, -0.2) is 11.4 Å². The van der Waals surface area contributed by atoms with E-state index in [0.717, 1.165) is 0 Å². The zero-order valence-corrected chi connectivity index (χ0v) is 4.67. The molecule has 1 rings (SSSR count). The van der Waals surface area contributed by atoms with E-state index in [4.69, 9.17) is 5.21 Å². The van der Waals surface area contributed by atoms with Crippen molar-refractivity contribution in [2.24, 2.45) is 5.16 Å². The van der Waals surface area contributed by atoms with E-state index in [1.54, 1.807) is 0 Å². The number of rotatable bonds is 1. The maximum Gasteiger partial charge on any atom is 0.0661 e. The number of oxime groups is 1. The summed E-state index contributed by atoms with van der Waals surface area (Å²) in [4.78, 5) is 0. The normalized spacial score (nSPS) is 18.8. The highest BCUT2D eigenvalue weighted by molar-refractivity contribution is 5.71. The summed E-state index contributed by atoms with van der Waals surface area (Å²) in [7, 11) is 0. The molecule has 0 bridgehead atoms. The van der Waals surface area contributed by atoms with Crippen LogP contribution in [0, 0.1) is 0 Å². The number of nitrogens with zero attached hydrogens (tertiary/aromatic N) is 1. The monoisotopic (exact) mass is 111 g/mol. The van der Waals surface area contributed by atoms with Crippen molar-refractivity contribution in [2.75, 3.05) is 0 Å². The second-order valence-corrected chi connectivity index (χ2v) is 1.94. The second-order valence-electron chi connectivity index (χ2n) is 1.94. The SMILES string of the molecule is ON=CC=C1CCC1. The molecule has 0 aromatic rings. The fourth-order valence-corrected chi connectivity index (χ4v) is 0.686. The molecular weight excluding hydrogens is 102 g/mol. The lowest BCUT2D eigenvalue weighted by molar-refractivity contribution is 0.322. The van der Waals surface area contributed by atoms with Crippen molar-refractivity contribution in [3.05, 3.63) is 11.6 Å². The summed E-state index contributed by atoms with van der Waals surface area (Å²) in [5.74, 6) is 0. The molecule has 1 aliphatic rings. The number of hydrogen-bond donors (Lipinski definition) is 1. The van der Waals surface area contributed by atoms with Gasteiger partial charge in [-0.2, -0.15) is 0 Å². The van der Waals surface area contributed by atoms with E-state index in [1.807, 2.05) is 6.08 Å². The Bertz CT molecular complexity index is 120. The van der Waals surface area contributed by atoms with Crippen LogP contribution >= 0.6 is 0 Å². The molecule has 2 heteroatoms. The zero-order valence-electron chi connectivity index (χ0n) is 4.67. The molecule has 0 amide bonds. The highest BCUT2D eigenvalue weighted by atomic mass is 16.4. The Morgan fingerprint density at radius 2 is 2.25 bits per heavy atom. The highest BCUT2D eigenvalue weighted by Crippen LogP contribution is 2.23. The van der Waals surface area contributed by atoms with Crippen molar-refractivity contribution in [1.82, 2.24) is 0 Å². The molecule has 0 radical (unpaired) electrons. The van der Waals surface area contributed by atoms with Crippen LogP contribution in [0.25, 0.3) is 0 Å². The van der Waals surface area contributed by atoms with Gasteiger partial charge in [0.2, 0.25) is 0 Å². The van der Waals surface area contributed by atoms with Crippen molar-refractivity contribution in [3.63, 3.8) is 0 Å². The first-order chi connectivity index (χ1) is 3.93. The molecule has 8 heavy (non-hydrogen) atoms. The molecule has 0 spiro atoms. The van der Waals surface area contributed by atoms with Gasteiger partial charge >= 0.3 is 0 Å². The average molecular weight is 111 g/mol. The Hall–Kier alpha value is -0.790. The Morgan fingerprint density at radius 3 is 2.62 bits per heavy atom. The highest BCUT2D eigenvalue weighted by Gasteiger charge is 2.05. The molecule has 0 heterocycles. The van der Waals surface area contributed by atoms with E-state index in [0.29, 0.717) is 0 Å². The zero-order chi connectivity index (χ0) is 5.82. The molecule has 0 unspecified atom stereocenters. The summed E-state index contributed by atoms with van der Waals surface area (Å²) in [6.07, 6.45) is 6.96. The Kier molecular flexibility index (Phi) is 1.67. The smallest absolute Gasteiger partial charge is 0.0661 e. The molecule has 0 atom stereocenters. The van der Waals surface area contributed by atoms with Crippen LogP contribution in [0.2, 0.25) is 0 Å². The molecule has 2 nitrogen and oxygen atoms in total. The Labute approximate surface area is 48.5 Å². The Morgan fingerprint density at radius 1 is 1.50 bits per heavy atom. The molecule has 0 aliphatic heterocycles. The molecule has 1 aliphatic carbocycles. The first-order valence-electron chi connectivity index (χ1n) is 2.79. The van der Waals surface area contributed by atoms with Crippen molar-refractivity contribution in [3.8, 4) is 0 Å². The van der Waals surface area contributed by atoms with Gasteiger partial charge in [-0.05, 0) is 25.3 Å². The van der Waals surface area contributed by atoms with Crippen molar-refractivity contribution in [2.45, 2.75) is 19.3 Å². The van der Waals surface area contributed by atoms with E-state index < -0.39 is 0 Å². The minimum Gasteiger partial charge on any atom is -0.411 e. The second kappa shape index (κ2) is 2.50. The summed E-state index contributed by atoms with van der Waals surface area (Å²) in [5, 5.41) is 10.8. The maximum atomic E-state index is 7.96. The lowest BCUT2D eigenvalue weighted by Gasteiger charge is -2.13. The minimum atomic E-state index is 1.19. The van der Waals surface area contributed by atoms with Gasteiger partial charge in [0, 0.05) is 0 Å². The predicted octanol–water partition coefficient (Wildman–Crippen LogP) is 1.56. The first kappa shape index (κ1) is 5.35. The van der Waals surface area contributed by atoms with Crippen LogP contribution in [0.5, 0.6) is 0 Å². The van der Waals surface area contributed by atoms with E-state index in [9.17, 15) is 0 Å². The fourth-order valence-electron chi connectivity index (χ4n) is 0.686. The van der Waals surface area contributed by atoms with Gasteiger partial charge in [-0.25, -0.2) is 0 Å². The van der Waals surface area contributed by atoms with Gasteiger partial charge in [0.15, 0.2) is 0 Å². The third-order valence-electron chi connectivity index (χ3n) is 1.37. The van der Waals surface area contributed by atoms with Crippen molar-refractivity contribution >= 4 is 6.21 Å². The molecule has 1 saturated carbocycles. The van der Waals surface area contributed by atoms with Gasteiger partial charge in [-0.15, -0.1) is 0 Å². The van der Waals surface area contributed by atoms with E-state index in [1.165, 1.54) is 31.1 Å². The van der Waals surface area contributed by atoms with Gasteiger partial charge in [0.05, 0.1) is 6.21 Å². The van der Waals surface area contributed by atoms with Gasteiger partial charge in [-0.1, -0.05) is 10.7 Å². The van der Waals surface area contributed by atoms with Crippen LogP contribution in [0.15, 0.2) is 16.8 Å². The first-order valence-corrected chi connectivity index (χ1v) is 2.79. The molecule has 0 saturated heterocycles. The Balaban J connectivity index is 2.31. The number of allylic oxidation sites excluding steroid dienone is 2. The lowest BCUT2D eigenvalue weighted by Crippen LogP contribution is -1.95. The summed E-state index contributed by atoms with van der Waals surface area (Å²) < 4.78 is 0. The summed E-state index contributed by atoms with van der Waals surface area (Å²) in [6.45, 7) is 0. The molecule has 0 aromatic carbocycles. The third kappa shape index (κ3) is 1.09. The van der Waals surface area contributed by atoms with Crippen LogP contribution < -0.4 is 0 Å². The minimum absolute atomic E-state index is 1.19. The van der Waals surface area contributed by atoms with Crippen molar-refractivity contribution in [1.29, 1.82) is 0 Å². The van der Waals surface area contributed by atoms with Crippen LogP contribution in [0.3, 0.4) is 0 Å². The van der Waals surface area contributed by atoms with Crippen LogP contribution in [-0.2, 0) is 0 Å². The predicted molar refractivity (Wildman–Crippen MR) is 32.2 cm³/mol. The van der Waals surface area contributed by atoms with Crippen molar-refractivity contribution < 1.29 is 5.21 Å². The molecule has 0 aromatic heterocycles. The molecule has 1 N–H and O–H groups in total. The third-order valence-corrected chi connectivity index (χ3v) is 1.37. The van der Waals surface area contributed by atoms with Gasteiger partial charge in [0.25, 0.3) is 0 Å². The quantitative estimate of drug-likeness (QED) is 0.311. The van der Waals surface area contributed by atoms with Crippen LogP contribution in [0.4, 0.5) is 0 Å². The van der Waals surface area contributed by atoms with E-state index >= 15 is 0 Å². The molecule has 1 fully saturated rings. The summed E-state index contributed by atoms with van der Waals surface area (Å²) in [5.41, 5.74) is 1.39. The van der Waals surface area contributed by atoms with Gasteiger partial charge in [0.1, 0.15) is 0 Å². The van der Waals surface area contributed by atoms with Crippen LogP contribution in [0.1, 0.15) is 19.3 Å². The van der Waals surface area contributed by atoms with Gasteiger partial charge < -0.3 is 5.21 Å². The lowest BCUT2D eigenvalue weighted by atomic mass is 9.92. The van der Waals surface area contributed by atoms with E-state index in [-0.39, 0.29) is 0 Å².